The fourth-order valence-corrected chi connectivity index (χ4v) is 4.07. The van der Waals surface area contributed by atoms with Crippen molar-refractivity contribution in [3.8, 4) is 11.5 Å². The van der Waals surface area contributed by atoms with Crippen molar-refractivity contribution < 1.29 is 19.1 Å². The van der Waals surface area contributed by atoms with Crippen molar-refractivity contribution in [2.45, 2.75) is 17.4 Å². The molecule has 7 nitrogen and oxygen atoms in total. The Morgan fingerprint density at radius 2 is 1.97 bits per heavy atom. The summed E-state index contributed by atoms with van der Waals surface area (Å²) in [6, 6.07) is 12.7. The second kappa shape index (κ2) is 9.39. The van der Waals surface area contributed by atoms with Gasteiger partial charge in [-0.25, -0.2) is 0 Å². The Morgan fingerprint density at radius 1 is 1.17 bits per heavy atom. The largest absolute Gasteiger partial charge is 0.454 e. The average molecular weight is 436 g/mol. The Hall–Kier alpha value is -2.42. The lowest BCUT2D eigenvalue weighted by Gasteiger charge is -2.17. The van der Waals surface area contributed by atoms with Gasteiger partial charge in [-0.05, 0) is 30.7 Å². The molecule has 0 spiro atoms. The first-order valence-electron chi connectivity index (χ1n) is 9.06. The summed E-state index contributed by atoms with van der Waals surface area (Å²) in [6.07, 6.45) is 0.818. The van der Waals surface area contributed by atoms with E-state index in [1.165, 1.54) is 11.8 Å². The van der Waals surface area contributed by atoms with E-state index in [9.17, 15) is 9.59 Å². The minimum absolute atomic E-state index is 0. The van der Waals surface area contributed by atoms with Gasteiger partial charge in [0.25, 0.3) is 5.91 Å². The van der Waals surface area contributed by atoms with Crippen molar-refractivity contribution in [1.29, 1.82) is 0 Å². The number of fused-ring (bicyclic) bond motifs is 1. The fourth-order valence-electron chi connectivity index (χ4n) is 3.23. The molecular formula is C20H22ClN3O4S. The monoisotopic (exact) mass is 435 g/mol. The molecule has 0 saturated carbocycles. The number of nitrogens with zero attached hydrogens (tertiary/aromatic N) is 1. The molecule has 2 aromatic carbocycles. The number of ether oxygens (including phenoxy) is 2. The normalized spacial score (nSPS) is 17.0. The Kier molecular flexibility index (Phi) is 6.89. The van der Waals surface area contributed by atoms with Gasteiger partial charge in [0, 0.05) is 35.8 Å². The summed E-state index contributed by atoms with van der Waals surface area (Å²) in [7, 11) is 0. The lowest BCUT2D eigenvalue weighted by Crippen LogP contribution is -2.32. The highest BCUT2D eigenvalue weighted by atomic mass is 35.5. The topological polar surface area (TPSA) is 93.9 Å². The zero-order valence-corrected chi connectivity index (χ0v) is 17.3. The third-order valence-electron chi connectivity index (χ3n) is 4.64. The van der Waals surface area contributed by atoms with Crippen molar-refractivity contribution in [3.63, 3.8) is 0 Å². The SMILES string of the molecule is Cl.N[C@@H]1CCN(C(=O)c2ccccc2SCC(=O)Nc2ccc3c(c2)OCO3)C1. The first kappa shape index (κ1) is 21.3. The van der Waals surface area contributed by atoms with Gasteiger partial charge in [-0.1, -0.05) is 12.1 Å². The number of amides is 2. The number of likely N-dealkylation sites (tertiary alicyclic amines) is 1. The quantitative estimate of drug-likeness (QED) is 0.701. The second-order valence-corrected chi connectivity index (χ2v) is 7.72. The third kappa shape index (κ3) is 4.95. The van der Waals surface area contributed by atoms with Gasteiger partial charge in [0.2, 0.25) is 12.7 Å². The molecule has 9 heteroatoms. The van der Waals surface area contributed by atoms with E-state index in [1.807, 2.05) is 18.2 Å². The maximum absolute atomic E-state index is 12.8. The van der Waals surface area contributed by atoms with Crippen LogP contribution in [0.2, 0.25) is 0 Å². The zero-order valence-electron chi connectivity index (χ0n) is 15.6. The van der Waals surface area contributed by atoms with E-state index in [0.29, 0.717) is 35.8 Å². The number of carbonyl (C=O) groups excluding carboxylic acids is 2. The van der Waals surface area contributed by atoms with Crippen LogP contribution in [0.5, 0.6) is 11.5 Å². The Balaban J connectivity index is 0.00000240. The number of anilines is 1. The van der Waals surface area contributed by atoms with Gasteiger partial charge in [-0.15, -0.1) is 24.2 Å². The predicted octanol–water partition coefficient (Wildman–Crippen LogP) is 2.74. The summed E-state index contributed by atoms with van der Waals surface area (Å²) >= 11 is 1.34. The molecule has 0 unspecified atom stereocenters. The number of hydrogen-bond donors (Lipinski definition) is 2. The maximum Gasteiger partial charge on any atom is 0.255 e. The molecule has 1 saturated heterocycles. The Labute approximate surface area is 179 Å². The molecule has 2 aliphatic heterocycles. The van der Waals surface area contributed by atoms with Gasteiger partial charge in [0.1, 0.15) is 0 Å². The summed E-state index contributed by atoms with van der Waals surface area (Å²) in [5.41, 5.74) is 7.17. The van der Waals surface area contributed by atoms with Crippen LogP contribution in [0, 0.1) is 0 Å². The smallest absolute Gasteiger partial charge is 0.255 e. The molecule has 0 bridgehead atoms. The van der Waals surface area contributed by atoms with Gasteiger partial charge < -0.3 is 25.4 Å². The van der Waals surface area contributed by atoms with Gasteiger partial charge in [-0.2, -0.15) is 0 Å². The standard InChI is InChI=1S/C20H21N3O4S.ClH/c21-13-7-8-23(10-13)20(25)15-3-1-2-4-18(15)28-11-19(24)22-14-5-6-16-17(9-14)27-12-26-16;/h1-6,9,13H,7-8,10-12,21H2,(H,22,24);1H/t13-;/m1./s1. The van der Waals surface area contributed by atoms with Gasteiger partial charge in [0.05, 0.1) is 11.3 Å². The van der Waals surface area contributed by atoms with E-state index >= 15 is 0 Å². The molecule has 2 aromatic rings. The minimum atomic E-state index is -0.158. The molecule has 2 heterocycles. The molecule has 1 fully saturated rings. The molecular weight excluding hydrogens is 414 g/mol. The summed E-state index contributed by atoms with van der Waals surface area (Å²) in [6.45, 7) is 1.43. The lowest BCUT2D eigenvalue weighted by molar-refractivity contribution is -0.113. The summed E-state index contributed by atoms with van der Waals surface area (Å²) < 4.78 is 10.6. The van der Waals surface area contributed by atoms with Crippen molar-refractivity contribution in [3.05, 3.63) is 48.0 Å². The van der Waals surface area contributed by atoms with E-state index in [2.05, 4.69) is 5.32 Å². The van der Waals surface area contributed by atoms with Gasteiger partial charge >= 0.3 is 0 Å². The molecule has 1 atom stereocenters. The van der Waals surface area contributed by atoms with Crippen LogP contribution in [-0.4, -0.2) is 48.4 Å². The van der Waals surface area contributed by atoms with Crippen LogP contribution in [0.3, 0.4) is 0 Å². The van der Waals surface area contributed by atoms with Crippen LogP contribution < -0.4 is 20.5 Å². The van der Waals surface area contributed by atoms with E-state index in [-0.39, 0.29) is 42.8 Å². The number of thioether (sulfide) groups is 1. The molecule has 0 aromatic heterocycles. The molecule has 3 N–H and O–H groups in total. The zero-order chi connectivity index (χ0) is 19.5. The fraction of sp³-hybridized carbons (Fsp3) is 0.300. The van der Waals surface area contributed by atoms with Crippen LogP contribution >= 0.6 is 24.2 Å². The molecule has 4 rings (SSSR count). The van der Waals surface area contributed by atoms with Crippen LogP contribution in [-0.2, 0) is 4.79 Å². The number of benzene rings is 2. The van der Waals surface area contributed by atoms with E-state index < -0.39 is 0 Å². The van der Waals surface area contributed by atoms with Crippen molar-refractivity contribution in [2.24, 2.45) is 5.73 Å². The van der Waals surface area contributed by atoms with Gasteiger partial charge in [0.15, 0.2) is 11.5 Å². The number of hydrogen-bond acceptors (Lipinski definition) is 6. The van der Waals surface area contributed by atoms with E-state index in [1.54, 1.807) is 29.2 Å². The van der Waals surface area contributed by atoms with Crippen molar-refractivity contribution >= 4 is 41.7 Å². The first-order valence-corrected chi connectivity index (χ1v) is 10.0. The van der Waals surface area contributed by atoms with Gasteiger partial charge in [-0.3, -0.25) is 9.59 Å². The number of halogens is 1. The highest BCUT2D eigenvalue weighted by molar-refractivity contribution is 8.00. The summed E-state index contributed by atoms with van der Waals surface area (Å²) in [5, 5.41) is 2.84. The molecule has 2 amide bonds. The van der Waals surface area contributed by atoms with E-state index in [0.717, 1.165) is 11.3 Å². The van der Waals surface area contributed by atoms with Crippen molar-refractivity contribution in [1.82, 2.24) is 4.90 Å². The molecule has 154 valence electrons. The maximum atomic E-state index is 12.8. The average Bonchev–Trinajstić information content (AvgIpc) is 3.34. The first-order chi connectivity index (χ1) is 13.6. The number of nitrogens with one attached hydrogen (secondary N) is 1. The molecule has 0 aliphatic carbocycles. The summed E-state index contributed by atoms with van der Waals surface area (Å²) in [4.78, 5) is 27.7. The summed E-state index contributed by atoms with van der Waals surface area (Å²) in [5.74, 6) is 1.28. The van der Waals surface area contributed by atoms with Crippen LogP contribution in [0.4, 0.5) is 5.69 Å². The Bertz CT molecular complexity index is 911. The molecule has 29 heavy (non-hydrogen) atoms. The lowest BCUT2D eigenvalue weighted by atomic mass is 10.2. The van der Waals surface area contributed by atoms with E-state index in [4.69, 9.17) is 15.2 Å². The molecule has 2 aliphatic rings. The molecule has 0 radical (unpaired) electrons. The Morgan fingerprint density at radius 3 is 2.76 bits per heavy atom. The number of nitrogens with two attached hydrogens (primary N) is 1. The van der Waals surface area contributed by atoms with Crippen LogP contribution in [0.25, 0.3) is 0 Å². The van der Waals surface area contributed by atoms with Crippen LogP contribution in [0.1, 0.15) is 16.8 Å². The third-order valence-corrected chi connectivity index (χ3v) is 5.72. The highest BCUT2D eigenvalue weighted by Crippen LogP contribution is 2.34. The minimum Gasteiger partial charge on any atom is -0.454 e. The highest BCUT2D eigenvalue weighted by Gasteiger charge is 2.26. The number of rotatable bonds is 5. The second-order valence-electron chi connectivity index (χ2n) is 6.70. The van der Waals surface area contributed by atoms with Crippen LogP contribution in [0.15, 0.2) is 47.4 Å². The van der Waals surface area contributed by atoms with Crippen molar-refractivity contribution in [2.75, 3.05) is 31.0 Å². The number of carbonyl (C=O) groups is 2. The predicted molar refractivity (Wildman–Crippen MR) is 114 cm³/mol.